The predicted molar refractivity (Wildman–Crippen MR) is 76.4 cm³/mol. The number of amides is 1. The van der Waals surface area contributed by atoms with E-state index in [0.717, 1.165) is 10.5 Å². The van der Waals surface area contributed by atoms with Crippen LogP contribution in [0.2, 0.25) is 0 Å². The first-order chi connectivity index (χ1) is 10.7. The maximum absolute atomic E-state index is 10.8. The summed E-state index contributed by atoms with van der Waals surface area (Å²) >= 11 is 0. The van der Waals surface area contributed by atoms with Crippen LogP contribution in [0.15, 0.2) is 48.6 Å². The normalized spacial score (nSPS) is 13.8. The molecule has 0 radical (unpaired) electrons. The molecule has 1 amide bonds. The molecule has 3 heterocycles. The second kappa shape index (κ2) is 6.08. The Morgan fingerprint density at radius 1 is 1.41 bits per heavy atom. The van der Waals surface area contributed by atoms with Gasteiger partial charge in [-0.15, -0.1) is 0 Å². The van der Waals surface area contributed by atoms with Crippen molar-refractivity contribution in [1.82, 2.24) is 25.1 Å². The third kappa shape index (κ3) is 3.11. The lowest BCUT2D eigenvalue weighted by molar-refractivity contribution is 0.162. The lowest BCUT2D eigenvalue weighted by atomic mass is 10.2. The van der Waals surface area contributed by atoms with Crippen LogP contribution in [-0.4, -0.2) is 42.8 Å². The molecule has 8 heteroatoms. The molecule has 0 aliphatic carbocycles. The highest BCUT2D eigenvalue weighted by atomic mass is 16.5. The largest absolute Gasteiger partial charge is 0.486 e. The monoisotopic (exact) mass is 299 g/mol. The molecule has 0 unspecified atom stereocenters. The number of carboxylic acid groups (broad SMARTS) is 1. The Morgan fingerprint density at radius 2 is 2.23 bits per heavy atom. The van der Waals surface area contributed by atoms with Crippen LogP contribution in [0.3, 0.4) is 0 Å². The van der Waals surface area contributed by atoms with Crippen molar-refractivity contribution in [1.29, 1.82) is 0 Å². The van der Waals surface area contributed by atoms with Crippen LogP contribution in [-0.2, 0) is 11.3 Å². The number of nitrogens with one attached hydrogen (secondary N) is 1. The van der Waals surface area contributed by atoms with Crippen molar-refractivity contribution in [3.8, 4) is 11.4 Å². The summed E-state index contributed by atoms with van der Waals surface area (Å²) < 4.78 is 5.55. The first-order valence-electron chi connectivity index (χ1n) is 6.55. The average Bonchev–Trinajstić information content (AvgIpc) is 3.03. The fraction of sp³-hybridized carbons (Fsp3) is 0.143. The Hall–Kier alpha value is -3.16. The molecule has 2 N–H and O–H groups in total. The van der Waals surface area contributed by atoms with Crippen LogP contribution >= 0.6 is 0 Å². The number of H-pyrrole nitrogens is 1. The summed E-state index contributed by atoms with van der Waals surface area (Å²) in [6.07, 6.45) is 7.09. The van der Waals surface area contributed by atoms with E-state index in [1.807, 2.05) is 12.1 Å². The zero-order valence-corrected chi connectivity index (χ0v) is 11.5. The summed E-state index contributed by atoms with van der Waals surface area (Å²) in [5, 5.41) is 15.7. The summed E-state index contributed by atoms with van der Waals surface area (Å²) in [6, 6.07) is 3.64. The number of ether oxygens (including phenoxy) is 1. The Labute approximate surface area is 125 Å². The van der Waals surface area contributed by atoms with Gasteiger partial charge in [-0.3, -0.25) is 15.0 Å². The van der Waals surface area contributed by atoms with Crippen molar-refractivity contribution < 1.29 is 14.6 Å². The first-order valence-corrected chi connectivity index (χ1v) is 6.55. The molecule has 22 heavy (non-hydrogen) atoms. The third-order valence-electron chi connectivity index (χ3n) is 3.00. The van der Waals surface area contributed by atoms with Gasteiger partial charge in [-0.2, -0.15) is 5.10 Å². The van der Waals surface area contributed by atoms with Gasteiger partial charge in [-0.05, 0) is 24.3 Å². The SMILES string of the molecule is O=C(O)N1C=CC(OCc2nc(-c3ccncc3)n[nH]2)=CC1. The minimum absolute atomic E-state index is 0.224. The fourth-order valence-electron chi connectivity index (χ4n) is 1.87. The molecular weight excluding hydrogens is 286 g/mol. The number of aromatic amines is 1. The lowest BCUT2D eigenvalue weighted by Crippen LogP contribution is -2.25. The van der Waals surface area contributed by atoms with E-state index in [1.54, 1.807) is 24.5 Å². The topological polar surface area (TPSA) is 104 Å². The molecule has 3 rings (SSSR count). The zero-order valence-electron chi connectivity index (χ0n) is 11.5. The maximum Gasteiger partial charge on any atom is 0.411 e. The van der Waals surface area contributed by atoms with Crippen LogP contribution in [0.5, 0.6) is 0 Å². The second-order valence-corrected chi connectivity index (χ2v) is 4.49. The van der Waals surface area contributed by atoms with Gasteiger partial charge in [0.05, 0.1) is 6.54 Å². The molecule has 112 valence electrons. The van der Waals surface area contributed by atoms with Gasteiger partial charge >= 0.3 is 6.09 Å². The number of hydrogen-bond donors (Lipinski definition) is 2. The minimum atomic E-state index is -0.997. The number of nitrogens with zero attached hydrogens (tertiary/aromatic N) is 4. The van der Waals surface area contributed by atoms with E-state index in [9.17, 15) is 4.79 Å². The van der Waals surface area contributed by atoms with Gasteiger partial charge in [0.1, 0.15) is 12.4 Å². The van der Waals surface area contributed by atoms with Gasteiger partial charge in [-0.25, -0.2) is 9.78 Å². The highest BCUT2D eigenvalue weighted by molar-refractivity contribution is 5.67. The van der Waals surface area contributed by atoms with Crippen LogP contribution in [0.4, 0.5) is 4.79 Å². The van der Waals surface area contributed by atoms with E-state index in [-0.39, 0.29) is 13.2 Å². The average molecular weight is 299 g/mol. The van der Waals surface area contributed by atoms with E-state index in [0.29, 0.717) is 17.4 Å². The molecular formula is C14H13N5O3. The third-order valence-corrected chi connectivity index (χ3v) is 3.00. The molecule has 0 fully saturated rings. The van der Waals surface area contributed by atoms with Crippen molar-refractivity contribution in [2.24, 2.45) is 0 Å². The van der Waals surface area contributed by atoms with Crippen molar-refractivity contribution >= 4 is 6.09 Å². The summed E-state index contributed by atoms with van der Waals surface area (Å²) in [5.41, 5.74) is 0.867. The van der Waals surface area contributed by atoms with Crippen molar-refractivity contribution in [3.63, 3.8) is 0 Å². The van der Waals surface area contributed by atoms with Crippen LogP contribution < -0.4 is 0 Å². The van der Waals surface area contributed by atoms with Gasteiger partial charge in [0.25, 0.3) is 0 Å². The van der Waals surface area contributed by atoms with Crippen LogP contribution in [0.1, 0.15) is 5.82 Å². The Kier molecular flexibility index (Phi) is 3.82. The van der Waals surface area contributed by atoms with Gasteiger partial charge in [0.2, 0.25) is 0 Å². The van der Waals surface area contributed by atoms with Gasteiger partial charge in [-0.1, -0.05) is 0 Å². The second-order valence-electron chi connectivity index (χ2n) is 4.49. The van der Waals surface area contributed by atoms with E-state index >= 15 is 0 Å². The highest BCUT2D eigenvalue weighted by Gasteiger charge is 2.12. The zero-order chi connectivity index (χ0) is 15.4. The lowest BCUT2D eigenvalue weighted by Gasteiger charge is -2.17. The molecule has 1 aliphatic rings. The molecule has 2 aromatic rings. The molecule has 1 aliphatic heterocycles. The quantitative estimate of drug-likeness (QED) is 0.891. The Bertz CT molecular complexity index is 723. The van der Waals surface area contributed by atoms with Crippen LogP contribution in [0, 0.1) is 0 Å². The van der Waals surface area contributed by atoms with Crippen molar-refractivity contribution in [2.75, 3.05) is 6.54 Å². The van der Waals surface area contributed by atoms with Crippen molar-refractivity contribution in [2.45, 2.75) is 6.61 Å². The van der Waals surface area contributed by atoms with E-state index in [4.69, 9.17) is 9.84 Å². The molecule has 8 nitrogen and oxygen atoms in total. The fourth-order valence-corrected chi connectivity index (χ4v) is 1.87. The van der Waals surface area contributed by atoms with Gasteiger partial charge in [0.15, 0.2) is 11.6 Å². The van der Waals surface area contributed by atoms with Crippen molar-refractivity contribution in [3.05, 3.63) is 54.5 Å². The summed E-state index contributed by atoms with van der Waals surface area (Å²) in [5.74, 6) is 1.76. The number of hydrogen-bond acceptors (Lipinski definition) is 5. The van der Waals surface area contributed by atoms with Gasteiger partial charge < -0.3 is 9.84 Å². The molecule has 0 bridgehead atoms. The molecule has 0 spiro atoms. The Balaban J connectivity index is 1.58. The van der Waals surface area contributed by atoms with E-state index < -0.39 is 6.09 Å². The van der Waals surface area contributed by atoms with Crippen LogP contribution in [0.25, 0.3) is 11.4 Å². The summed E-state index contributed by atoms with van der Waals surface area (Å²) in [6.45, 7) is 0.487. The molecule has 0 saturated heterocycles. The van der Waals surface area contributed by atoms with E-state index in [1.165, 1.54) is 6.20 Å². The number of rotatable bonds is 4. The first kappa shape index (κ1) is 13.8. The predicted octanol–water partition coefficient (Wildman–Crippen LogP) is 1.77. The summed E-state index contributed by atoms with van der Waals surface area (Å²) in [7, 11) is 0. The smallest absolute Gasteiger partial charge is 0.411 e. The van der Waals surface area contributed by atoms with Gasteiger partial charge in [0, 0.05) is 24.2 Å². The number of aromatic nitrogens is 4. The standard InChI is InChI=1S/C14H13N5O3/c20-14(21)19-7-3-11(4-8-19)22-9-12-16-13(18-17-12)10-1-5-15-6-2-10/h1-7H,8-9H2,(H,20,21)(H,16,17,18). The molecule has 0 atom stereocenters. The molecule has 2 aromatic heterocycles. The maximum atomic E-state index is 10.8. The summed E-state index contributed by atoms with van der Waals surface area (Å²) in [4.78, 5) is 20.2. The minimum Gasteiger partial charge on any atom is -0.486 e. The highest BCUT2D eigenvalue weighted by Crippen LogP contribution is 2.14. The van der Waals surface area contributed by atoms with E-state index in [2.05, 4.69) is 20.2 Å². The number of carbonyl (C=O) groups is 1. The molecule has 0 saturated carbocycles. The molecule has 0 aromatic carbocycles. The number of allylic oxidation sites excluding steroid dienone is 1. The Morgan fingerprint density at radius 3 is 2.91 bits per heavy atom. The number of pyridine rings is 1.